The van der Waals surface area contributed by atoms with Crippen molar-refractivity contribution in [2.45, 2.75) is 26.8 Å². The minimum absolute atomic E-state index is 0.0236. The number of amides is 2. The summed E-state index contributed by atoms with van der Waals surface area (Å²) in [6.45, 7) is 6.03. The standard InChI is InChI=1S/C19H22FN3O2S/c1-4-23(11-17(24)21-13(2)3)18(25)10-9-16-12-26-19(22-16)14-5-7-15(20)8-6-14/h5-10,12-13H,4,11H2,1-3H3,(H,21,24)/b10-9+. The van der Waals surface area contributed by atoms with Crippen LogP contribution in [0.25, 0.3) is 16.6 Å². The number of carbonyl (C=O) groups is 2. The zero-order chi connectivity index (χ0) is 19.1. The molecule has 0 aliphatic carbocycles. The number of nitrogens with one attached hydrogen (secondary N) is 1. The molecule has 1 aromatic heterocycles. The third kappa shape index (κ3) is 5.77. The lowest BCUT2D eigenvalue weighted by Crippen LogP contribution is -2.42. The highest BCUT2D eigenvalue weighted by Gasteiger charge is 2.14. The molecule has 2 aromatic rings. The number of carbonyl (C=O) groups excluding carboxylic acids is 2. The maximum atomic E-state index is 13.0. The van der Waals surface area contributed by atoms with E-state index in [4.69, 9.17) is 0 Å². The summed E-state index contributed by atoms with van der Waals surface area (Å²) in [5.41, 5.74) is 1.47. The summed E-state index contributed by atoms with van der Waals surface area (Å²) in [5.74, 6) is -0.726. The number of likely N-dealkylation sites (N-methyl/N-ethyl adjacent to an activating group) is 1. The van der Waals surface area contributed by atoms with Crippen LogP contribution >= 0.6 is 11.3 Å². The highest BCUT2D eigenvalue weighted by atomic mass is 32.1. The monoisotopic (exact) mass is 375 g/mol. The molecule has 0 radical (unpaired) electrons. The molecule has 0 unspecified atom stereocenters. The van der Waals surface area contributed by atoms with Gasteiger partial charge in [0.25, 0.3) is 0 Å². The Morgan fingerprint density at radius 3 is 2.62 bits per heavy atom. The summed E-state index contributed by atoms with van der Waals surface area (Å²) < 4.78 is 13.0. The van der Waals surface area contributed by atoms with Crippen molar-refractivity contribution < 1.29 is 14.0 Å². The van der Waals surface area contributed by atoms with Gasteiger partial charge in [-0.3, -0.25) is 9.59 Å². The first-order chi connectivity index (χ1) is 12.4. The number of benzene rings is 1. The molecule has 0 saturated heterocycles. The van der Waals surface area contributed by atoms with Gasteiger partial charge < -0.3 is 10.2 Å². The van der Waals surface area contributed by atoms with E-state index in [9.17, 15) is 14.0 Å². The number of halogens is 1. The van der Waals surface area contributed by atoms with Crippen LogP contribution in [0.15, 0.2) is 35.7 Å². The maximum Gasteiger partial charge on any atom is 0.247 e. The number of hydrogen-bond donors (Lipinski definition) is 1. The molecule has 1 heterocycles. The highest BCUT2D eigenvalue weighted by molar-refractivity contribution is 7.13. The summed E-state index contributed by atoms with van der Waals surface area (Å²) in [7, 11) is 0. The van der Waals surface area contributed by atoms with E-state index in [-0.39, 0.29) is 30.2 Å². The first-order valence-corrected chi connectivity index (χ1v) is 9.24. The molecule has 0 aliphatic rings. The van der Waals surface area contributed by atoms with Crippen molar-refractivity contribution in [1.82, 2.24) is 15.2 Å². The zero-order valence-electron chi connectivity index (χ0n) is 15.0. The largest absolute Gasteiger partial charge is 0.352 e. The van der Waals surface area contributed by atoms with Crippen LogP contribution in [0.1, 0.15) is 26.5 Å². The third-order valence-electron chi connectivity index (χ3n) is 3.49. The normalized spacial score (nSPS) is 11.1. The first kappa shape index (κ1) is 19.8. The van der Waals surface area contributed by atoms with Crippen LogP contribution < -0.4 is 5.32 Å². The predicted octanol–water partition coefficient (Wildman–Crippen LogP) is 3.34. The molecule has 0 bridgehead atoms. The average Bonchev–Trinajstić information content (AvgIpc) is 3.06. The smallest absolute Gasteiger partial charge is 0.247 e. The lowest BCUT2D eigenvalue weighted by molar-refractivity contribution is -0.132. The molecule has 0 atom stereocenters. The summed E-state index contributed by atoms with van der Waals surface area (Å²) in [4.78, 5) is 30.0. The van der Waals surface area contributed by atoms with E-state index in [0.29, 0.717) is 12.2 Å². The van der Waals surface area contributed by atoms with E-state index in [1.54, 1.807) is 18.2 Å². The molecule has 1 aromatic carbocycles. The predicted molar refractivity (Wildman–Crippen MR) is 102 cm³/mol. The van der Waals surface area contributed by atoms with Crippen LogP contribution in [0.5, 0.6) is 0 Å². The Bertz CT molecular complexity index is 784. The van der Waals surface area contributed by atoms with Gasteiger partial charge in [-0.05, 0) is 51.1 Å². The van der Waals surface area contributed by atoms with Gasteiger partial charge in [0, 0.05) is 29.6 Å². The Hall–Kier alpha value is -2.54. The topological polar surface area (TPSA) is 62.3 Å². The molecule has 7 heteroatoms. The van der Waals surface area contributed by atoms with Gasteiger partial charge in [0.15, 0.2) is 0 Å². The number of hydrogen-bond acceptors (Lipinski definition) is 4. The van der Waals surface area contributed by atoms with Crippen molar-refractivity contribution in [1.29, 1.82) is 0 Å². The maximum absolute atomic E-state index is 13.0. The van der Waals surface area contributed by atoms with Gasteiger partial charge in [-0.15, -0.1) is 11.3 Å². The van der Waals surface area contributed by atoms with Gasteiger partial charge in [0.05, 0.1) is 12.2 Å². The fraction of sp³-hybridized carbons (Fsp3) is 0.316. The molecule has 5 nitrogen and oxygen atoms in total. The molecule has 0 saturated carbocycles. The van der Waals surface area contributed by atoms with Crippen molar-refractivity contribution in [2.75, 3.05) is 13.1 Å². The zero-order valence-corrected chi connectivity index (χ0v) is 15.8. The van der Waals surface area contributed by atoms with E-state index in [1.807, 2.05) is 26.2 Å². The van der Waals surface area contributed by atoms with Gasteiger partial charge >= 0.3 is 0 Å². The lowest BCUT2D eigenvalue weighted by atomic mass is 10.2. The molecular formula is C19H22FN3O2S. The van der Waals surface area contributed by atoms with E-state index in [2.05, 4.69) is 10.3 Å². The first-order valence-electron chi connectivity index (χ1n) is 8.37. The highest BCUT2D eigenvalue weighted by Crippen LogP contribution is 2.24. The van der Waals surface area contributed by atoms with Crippen molar-refractivity contribution in [3.05, 3.63) is 47.2 Å². The summed E-state index contributed by atoms with van der Waals surface area (Å²) in [6.07, 6.45) is 3.03. The minimum Gasteiger partial charge on any atom is -0.352 e. The van der Waals surface area contributed by atoms with Gasteiger partial charge in [-0.1, -0.05) is 0 Å². The van der Waals surface area contributed by atoms with Crippen LogP contribution in [0.4, 0.5) is 4.39 Å². The molecule has 0 spiro atoms. The van der Waals surface area contributed by atoms with Crippen molar-refractivity contribution in [3.63, 3.8) is 0 Å². The molecule has 1 N–H and O–H groups in total. The van der Waals surface area contributed by atoms with Gasteiger partial charge in [-0.2, -0.15) is 0 Å². The van der Waals surface area contributed by atoms with Crippen LogP contribution in [0.3, 0.4) is 0 Å². The Labute approximate surface area is 156 Å². The fourth-order valence-corrected chi connectivity index (χ4v) is 3.03. The molecule has 0 fully saturated rings. The van der Waals surface area contributed by atoms with Gasteiger partial charge in [0.2, 0.25) is 11.8 Å². The lowest BCUT2D eigenvalue weighted by Gasteiger charge is -2.19. The van der Waals surface area contributed by atoms with Crippen LogP contribution in [-0.2, 0) is 9.59 Å². The Morgan fingerprint density at radius 1 is 1.31 bits per heavy atom. The van der Waals surface area contributed by atoms with Gasteiger partial charge in [0.1, 0.15) is 10.8 Å². The molecule has 2 amide bonds. The van der Waals surface area contributed by atoms with Gasteiger partial charge in [-0.25, -0.2) is 9.37 Å². The number of thiazole rings is 1. The second kappa shape index (κ2) is 9.24. The summed E-state index contributed by atoms with van der Waals surface area (Å²) in [6, 6.07) is 6.14. The summed E-state index contributed by atoms with van der Waals surface area (Å²) in [5, 5.41) is 5.34. The third-order valence-corrected chi connectivity index (χ3v) is 4.40. The second-order valence-electron chi connectivity index (χ2n) is 5.99. The molecule has 0 aliphatic heterocycles. The number of nitrogens with zero attached hydrogens (tertiary/aromatic N) is 2. The van der Waals surface area contributed by atoms with E-state index in [0.717, 1.165) is 10.6 Å². The van der Waals surface area contributed by atoms with Crippen molar-refractivity contribution in [2.24, 2.45) is 0 Å². The average molecular weight is 375 g/mol. The van der Waals surface area contributed by atoms with Crippen molar-refractivity contribution >= 4 is 29.2 Å². The molecular weight excluding hydrogens is 353 g/mol. The molecule has 26 heavy (non-hydrogen) atoms. The van der Waals surface area contributed by atoms with Crippen LogP contribution in [0, 0.1) is 5.82 Å². The Kier molecular flexibility index (Phi) is 7.03. The minimum atomic E-state index is -0.294. The van der Waals surface area contributed by atoms with E-state index >= 15 is 0 Å². The summed E-state index contributed by atoms with van der Waals surface area (Å²) >= 11 is 1.42. The Morgan fingerprint density at radius 2 is 2.00 bits per heavy atom. The second-order valence-corrected chi connectivity index (χ2v) is 6.85. The quantitative estimate of drug-likeness (QED) is 0.755. The fourth-order valence-electron chi connectivity index (χ4n) is 2.24. The van der Waals surface area contributed by atoms with Crippen LogP contribution in [0.2, 0.25) is 0 Å². The van der Waals surface area contributed by atoms with Crippen LogP contribution in [-0.4, -0.2) is 40.8 Å². The van der Waals surface area contributed by atoms with E-state index < -0.39 is 0 Å². The van der Waals surface area contributed by atoms with Crippen molar-refractivity contribution in [3.8, 4) is 10.6 Å². The van der Waals surface area contributed by atoms with E-state index in [1.165, 1.54) is 34.4 Å². The molecule has 2 rings (SSSR count). The number of rotatable bonds is 7. The SMILES string of the molecule is CCN(CC(=O)NC(C)C)C(=O)/C=C/c1csc(-c2ccc(F)cc2)n1. The molecule has 138 valence electrons. The number of aromatic nitrogens is 1. The Balaban J connectivity index is 2.00.